The van der Waals surface area contributed by atoms with Crippen molar-refractivity contribution in [1.82, 2.24) is 9.78 Å². The molecule has 1 atom stereocenters. The van der Waals surface area contributed by atoms with Crippen LogP contribution in [0.1, 0.15) is 41.4 Å². The van der Waals surface area contributed by atoms with Gasteiger partial charge in [-0.2, -0.15) is 5.10 Å². The third-order valence-electron chi connectivity index (χ3n) is 3.91. The van der Waals surface area contributed by atoms with Gasteiger partial charge in [0.15, 0.2) is 0 Å². The van der Waals surface area contributed by atoms with Crippen molar-refractivity contribution in [3.8, 4) is 11.1 Å². The predicted molar refractivity (Wildman–Crippen MR) is 78.2 cm³/mol. The molecule has 0 bridgehead atoms. The van der Waals surface area contributed by atoms with Gasteiger partial charge in [0.25, 0.3) is 0 Å². The molecule has 1 aliphatic rings. The van der Waals surface area contributed by atoms with Crippen LogP contribution in [0.4, 0.5) is 4.39 Å². The Balaban J connectivity index is 1.96. The standard InChI is InChI=1S/C16H17FN2O3/c1-10-6-14(17)13(16(20)21)7-12(10)11-8-18-19(9-11)15-4-2-3-5-22-15/h6-9,15H,2-5H2,1H3,(H,20,21). The van der Waals surface area contributed by atoms with Gasteiger partial charge in [0.2, 0.25) is 0 Å². The molecule has 1 N–H and O–H groups in total. The minimum atomic E-state index is -1.28. The van der Waals surface area contributed by atoms with Gasteiger partial charge in [-0.25, -0.2) is 13.9 Å². The fourth-order valence-electron chi connectivity index (χ4n) is 2.71. The maximum Gasteiger partial charge on any atom is 0.338 e. The van der Waals surface area contributed by atoms with Crippen molar-refractivity contribution in [3.05, 3.63) is 41.5 Å². The fourth-order valence-corrected chi connectivity index (χ4v) is 2.71. The molecule has 1 saturated heterocycles. The van der Waals surface area contributed by atoms with Crippen LogP contribution in [0.5, 0.6) is 0 Å². The number of hydrogen-bond donors (Lipinski definition) is 1. The second-order valence-electron chi connectivity index (χ2n) is 5.48. The third-order valence-corrected chi connectivity index (χ3v) is 3.91. The summed E-state index contributed by atoms with van der Waals surface area (Å²) in [6, 6.07) is 2.60. The van der Waals surface area contributed by atoms with Crippen molar-refractivity contribution in [2.24, 2.45) is 0 Å². The lowest BCUT2D eigenvalue weighted by Gasteiger charge is -2.22. The second-order valence-corrected chi connectivity index (χ2v) is 5.48. The number of ether oxygens (including phenoxy) is 1. The molecule has 1 aliphatic heterocycles. The molecule has 0 aliphatic carbocycles. The highest BCUT2D eigenvalue weighted by Gasteiger charge is 2.19. The summed E-state index contributed by atoms with van der Waals surface area (Å²) < 4.78 is 21.1. The first-order chi connectivity index (χ1) is 10.6. The maximum atomic E-state index is 13.7. The molecule has 6 heteroatoms. The lowest BCUT2D eigenvalue weighted by molar-refractivity contribution is -0.0394. The van der Waals surface area contributed by atoms with E-state index in [2.05, 4.69) is 5.10 Å². The van der Waals surface area contributed by atoms with E-state index in [1.54, 1.807) is 17.8 Å². The monoisotopic (exact) mass is 304 g/mol. The first-order valence-electron chi connectivity index (χ1n) is 7.26. The largest absolute Gasteiger partial charge is 0.478 e. The van der Waals surface area contributed by atoms with Crippen molar-refractivity contribution in [1.29, 1.82) is 0 Å². The summed E-state index contributed by atoms with van der Waals surface area (Å²) in [5.74, 6) is -2.00. The summed E-state index contributed by atoms with van der Waals surface area (Å²) in [5.41, 5.74) is 1.77. The van der Waals surface area contributed by atoms with E-state index >= 15 is 0 Å². The van der Waals surface area contributed by atoms with Crippen LogP contribution in [0.25, 0.3) is 11.1 Å². The number of hydrogen-bond acceptors (Lipinski definition) is 3. The third kappa shape index (κ3) is 2.74. The van der Waals surface area contributed by atoms with Gasteiger partial charge in [0, 0.05) is 18.4 Å². The number of carboxylic acids is 1. The van der Waals surface area contributed by atoms with Crippen molar-refractivity contribution >= 4 is 5.97 Å². The maximum absolute atomic E-state index is 13.7. The molecule has 3 rings (SSSR count). The van der Waals surface area contributed by atoms with E-state index in [9.17, 15) is 9.18 Å². The Kier molecular flexibility index (Phi) is 3.94. The number of rotatable bonds is 3. The molecule has 0 saturated carbocycles. The molecule has 0 spiro atoms. The summed E-state index contributed by atoms with van der Waals surface area (Å²) in [6.07, 6.45) is 6.46. The smallest absolute Gasteiger partial charge is 0.338 e. The molecule has 1 aromatic carbocycles. The SMILES string of the molecule is Cc1cc(F)c(C(=O)O)cc1-c1cnn(C2CCCCO2)c1. The van der Waals surface area contributed by atoms with Crippen LogP contribution in [-0.2, 0) is 4.74 Å². The quantitative estimate of drug-likeness (QED) is 0.944. The van der Waals surface area contributed by atoms with E-state index < -0.39 is 11.8 Å². The van der Waals surface area contributed by atoms with Crippen molar-refractivity contribution in [3.63, 3.8) is 0 Å². The highest BCUT2D eigenvalue weighted by atomic mass is 19.1. The van der Waals surface area contributed by atoms with Gasteiger partial charge >= 0.3 is 5.97 Å². The molecule has 1 fully saturated rings. The summed E-state index contributed by atoms with van der Waals surface area (Å²) in [4.78, 5) is 11.1. The van der Waals surface area contributed by atoms with Crippen LogP contribution in [0.3, 0.4) is 0 Å². The van der Waals surface area contributed by atoms with Gasteiger partial charge in [-0.15, -0.1) is 0 Å². The summed E-state index contributed by atoms with van der Waals surface area (Å²) in [6.45, 7) is 2.47. The Labute approximate surface area is 127 Å². The average molecular weight is 304 g/mol. The molecule has 5 nitrogen and oxygen atoms in total. The van der Waals surface area contributed by atoms with Crippen LogP contribution in [-0.4, -0.2) is 27.5 Å². The van der Waals surface area contributed by atoms with E-state index in [-0.39, 0.29) is 11.8 Å². The van der Waals surface area contributed by atoms with Gasteiger partial charge in [0.05, 0.1) is 11.8 Å². The zero-order valence-electron chi connectivity index (χ0n) is 12.3. The number of aromatic nitrogens is 2. The highest BCUT2D eigenvalue weighted by molar-refractivity contribution is 5.90. The molecule has 1 unspecified atom stereocenters. The molecule has 116 valence electrons. The van der Waals surface area contributed by atoms with E-state index in [1.807, 2.05) is 6.20 Å². The molecule has 1 aromatic heterocycles. The summed E-state index contributed by atoms with van der Waals surface area (Å²) in [7, 11) is 0. The molecule has 0 amide bonds. The number of aromatic carboxylic acids is 1. The Morgan fingerprint density at radius 2 is 2.27 bits per heavy atom. The van der Waals surface area contributed by atoms with Gasteiger partial charge < -0.3 is 9.84 Å². The van der Waals surface area contributed by atoms with Crippen molar-refractivity contribution in [2.75, 3.05) is 6.61 Å². The Hall–Kier alpha value is -2.21. The van der Waals surface area contributed by atoms with E-state index in [4.69, 9.17) is 9.84 Å². The highest BCUT2D eigenvalue weighted by Crippen LogP contribution is 2.28. The van der Waals surface area contributed by atoms with Gasteiger partial charge in [0.1, 0.15) is 12.0 Å². The van der Waals surface area contributed by atoms with Gasteiger partial charge in [-0.3, -0.25) is 0 Å². The number of carboxylic acid groups (broad SMARTS) is 1. The van der Waals surface area contributed by atoms with Crippen molar-refractivity contribution in [2.45, 2.75) is 32.4 Å². The lowest BCUT2D eigenvalue weighted by Crippen LogP contribution is -2.18. The first-order valence-corrected chi connectivity index (χ1v) is 7.26. The Bertz CT molecular complexity index is 705. The minimum absolute atomic E-state index is 0.0813. The predicted octanol–water partition coefficient (Wildman–Crippen LogP) is 3.39. The number of benzene rings is 1. The number of aryl methyl sites for hydroxylation is 1. The lowest BCUT2D eigenvalue weighted by atomic mass is 10.00. The van der Waals surface area contributed by atoms with Crippen LogP contribution in [0, 0.1) is 12.7 Å². The van der Waals surface area contributed by atoms with Crippen LogP contribution >= 0.6 is 0 Å². The number of carbonyl (C=O) groups is 1. The van der Waals surface area contributed by atoms with Gasteiger partial charge in [-0.1, -0.05) is 0 Å². The normalized spacial score (nSPS) is 18.4. The van der Waals surface area contributed by atoms with Gasteiger partial charge in [-0.05, 0) is 49.4 Å². The first kappa shape index (κ1) is 14.7. The number of halogens is 1. The number of nitrogens with zero attached hydrogens (tertiary/aromatic N) is 2. The summed E-state index contributed by atoms with van der Waals surface area (Å²) >= 11 is 0. The topological polar surface area (TPSA) is 64.3 Å². The molecule has 0 radical (unpaired) electrons. The van der Waals surface area contributed by atoms with E-state index in [1.165, 1.54) is 12.1 Å². The minimum Gasteiger partial charge on any atom is -0.478 e. The average Bonchev–Trinajstić information content (AvgIpc) is 2.97. The molecule has 22 heavy (non-hydrogen) atoms. The van der Waals surface area contributed by atoms with E-state index in [0.29, 0.717) is 11.1 Å². The zero-order valence-corrected chi connectivity index (χ0v) is 12.3. The molecule has 2 aromatic rings. The molecular weight excluding hydrogens is 287 g/mol. The fraction of sp³-hybridized carbons (Fsp3) is 0.375. The second kappa shape index (κ2) is 5.88. The van der Waals surface area contributed by atoms with E-state index in [0.717, 1.165) is 31.4 Å². The van der Waals surface area contributed by atoms with Crippen LogP contribution < -0.4 is 0 Å². The van der Waals surface area contributed by atoms with Crippen LogP contribution in [0.2, 0.25) is 0 Å². The Morgan fingerprint density at radius 1 is 1.45 bits per heavy atom. The summed E-state index contributed by atoms with van der Waals surface area (Å²) in [5, 5.41) is 13.4. The van der Waals surface area contributed by atoms with Crippen molar-refractivity contribution < 1.29 is 19.0 Å². The molecule has 2 heterocycles. The molecular formula is C16H17FN2O3. The zero-order chi connectivity index (χ0) is 15.7. The van der Waals surface area contributed by atoms with Crippen LogP contribution in [0.15, 0.2) is 24.5 Å². The Morgan fingerprint density at radius 3 is 2.95 bits per heavy atom.